The number of quaternary nitrogens is 1. The number of hydrogen-bond donors (Lipinski definition) is 0. The van der Waals surface area contributed by atoms with E-state index in [9.17, 15) is 19.0 Å². The number of nitrogens with zero attached hydrogens (tertiary/aromatic N) is 1. The van der Waals surface area contributed by atoms with Crippen molar-refractivity contribution in [1.82, 2.24) is 0 Å². The molecule has 0 amide bonds. The fourth-order valence-electron chi connectivity index (χ4n) is 11.4. The van der Waals surface area contributed by atoms with E-state index in [0.717, 1.165) is 32.1 Å². The van der Waals surface area contributed by atoms with Crippen LogP contribution < -0.4 is 4.89 Å². The summed E-state index contributed by atoms with van der Waals surface area (Å²) >= 11 is 0. The molecule has 0 aromatic heterocycles. The summed E-state index contributed by atoms with van der Waals surface area (Å²) in [6.07, 6.45) is 80.3. The standard InChI is InChI=1S/C73H144NO8P/c1-6-8-10-12-14-16-18-20-22-24-26-28-30-32-33-34-35-36-37-38-39-40-42-43-45-47-49-51-53-55-57-59-61-63-65-72(75)79-69-71(70-81-83(77,78)80-68-67-74(3,4)5)82-73(76)66-64-62-60-58-56-54-52-50-48-46-44-41-31-29-27-25-23-21-19-17-15-13-11-9-7-2/h25,27,71H,6-24,26,28-70H2,1-5H3/b27-25-. The van der Waals surface area contributed by atoms with E-state index in [1.165, 1.54) is 327 Å². The third kappa shape index (κ3) is 69.7. The molecule has 0 aromatic carbocycles. The Morgan fingerprint density at radius 3 is 0.892 bits per heavy atom. The number of carbonyl (C=O) groups is 2. The number of likely N-dealkylation sites (N-methyl/N-ethyl adjacent to an activating group) is 1. The van der Waals surface area contributed by atoms with Crippen LogP contribution in [0, 0.1) is 0 Å². The van der Waals surface area contributed by atoms with Crippen LogP contribution in [0.3, 0.4) is 0 Å². The smallest absolute Gasteiger partial charge is 0.306 e. The summed E-state index contributed by atoms with van der Waals surface area (Å²) in [5.41, 5.74) is 0. The number of carbonyl (C=O) groups excluding carboxylic acids is 2. The van der Waals surface area contributed by atoms with Gasteiger partial charge in [-0.3, -0.25) is 14.2 Å². The van der Waals surface area contributed by atoms with Gasteiger partial charge in [0.15, 0.2) is 6.10 Å². The Morgan fingerprint density at radius 1 is 0.361 bits per heavy atom. The molecular formula is C73H144NO8P. The van der Waals surface area contributed by atoms with Crippen molar-refractivity contribution in [3.8, 4) is 0 Å². The molecule has 2 unspecified atom stereocenters. The first-order valence-corrected chi connectivity index (χ1v) is 38.4. The fourth-order valence-corrected chi connectivity index (χ4v) is 12.1. The molecule has 83 heavy (non-hydrogen) atoms. The van der Waals surface area contributed by atoms with E-state index in [0.29, 0.717) is 17.4 Å². The molecule has 0 spiro atoms. The maximum absolute atomic E-state index is 12.9. The summed E-state index contributed by atoms with van der Waals surface area (Å²) in [4.78, 5) is 38.1. The third-order valence-electron chi connectivity index (χ3n) is 17.0. The molecule has 0 bridgehead atoms. The minimum absolute atomic E-state index is 0.0264. The molecule has 0 aliphatic rings. The first-order chi connectivity index (χ1) is 40.5. The lowest BCUT2D eigenvalue weighted by molar-refractivity contribution is -0.870. The molecule has 0 aromatic rings. The Kier molecular flexibility index (Phi) is 64.2. The summed E-state index contributed by atoms with van der Waals surface area (Å²) in [6.45, 7) is 4.33. The number of hydrogen-bond acceptors (Lipinski definition) is 8. The average molecular weight is 1190 g/mol. The molecule has 0 fully saturated rings. The van der Waals surface area contributed by atoms with Crippen molar-refractivity contribution in [3.63, 3.8) is 0 Å². The fraction of sp³-hybridized carbons (Fsp3) is 0.945. The zero-order valence-electron chi connectivity index (χ0n) is 56.4. The highest BCUT2D eigenvalue weighted by Crippen LogP contribution is 2.38. The van der Waals surface area contributed by atoms with Crippen molar-refractivity contribution in [2.45, 2.75) is 399 Å². The third-order valence-corrected chi connectivity index (χ3v) is 18.0. The number of phosphoric acid groups is 1. The molecule has 0 saturated carbocycles. The lowest BCUT2D eigenvalue weighted by Gasteiger charge is -2.28. The number of allylic oxidation sites excluding steroid dienone is 2. The van der Waals surface area contributed by atoms with Gasteiger partial charge in [-0.1, -0.05) is 353 Å². The highest BCUT2D eigenvalue weighted by Gasteiger charge is 2.22. The topological polar surface area (TPSA) is 111 Å². The van der Waals surface area contributed by atoms with Crippen LogP contribution in [0.15, 0.2) is 12.2 Å². The highest BCUT2D eigenvalue weighted by atomic mass is 31.2. The molecule has 494 valence electrons. The number of rotatable bonds is 70. The Hall–Kier alpha value is -1.25. The Balaban J connectivity index is 3.93. The maximum Gasteiger partial charge on any atom is 0.306 e. The minimum atomic E-state index is -4.64. The van der Waals surface area contributed by atoms with E-state index in [2.05, 4.69) is 26.0 Å². The van der Waals surface area contributed by atoms with Crippen LogP contribution in [0.2, 0.25) is 0 Å². The molecule has 0 heterocycles. The van der Waals surface area contributed by atoms with Crippen LogP contribution in [0.5, 0.6) is 0 Å². The summed E-state index contributed by atoms with van der Waals surface area (Å²) in [5, 5.41) is 0. The Bertz CT molecular complexity index is 1400. The molecule has 0 N–H and O–H groups in total. The van der Waals surface area contributed by atoms with Crippen LogP contribution in [-0.2, 0) is 32.7 Å². The Morgan fingerprint density at radius 2 is 0.614 bits per heavy atom. The van der Waals surface area contributed by atoms with Gasteiger partial charge in [0.25, 0.3) is 7.82 Å². The van der Waals surface area contributed by atoms with Gasteiger partial charge in [0, 0.05) is 12.8 Å². The van der Waals surface area contributed by atoms with Crippen molar-refractivity contribution in [2.75, 3.05) is 47.5 Å². The average Bonchev–Trinajstić information content (AvgIpc) is 3.48. The van der Waals surface area contributed by atoms with Crippen LogP contribution >= 0.6 is 7.82 Å². The molecule has 10 heteroatoms. The largest absolute Gasteiger partial charge is 0.756 e. The number of phosphoric ester groups is 1. The summed E-state index contributed by atoms with van der Waals surface area (Å²) in [6, 6.07) is 0. The van der Waals surface area contributed by atoms with Gasteiger partial charge < -0.3 is 27.9 Å². The molecule has 0 saturated heterocycles. The second kappa shape index (κ2) is 65.2. The SMILES string of the molecule is CCCCCCCCCC/C=C\CCCCCCCCCCCCCCCC(=O)OC(COC(=O)CCCCCCCCCCCCCCCCCCCCCCCCCCCCCCCCCCCC)COP(=O)([O-])OCC[N+](C)(C)C. The van der Waals surface area contributed by atoms with E-state index in [-0.39, 0.29) is 32.0 Å². The van der Waals surface area contributed by atoms with Gasteiger partial charge in [-0.15, -0.1) is 0 Å². The molecule has 0 aliphatic heterocycles. The quantitative estimate of drug-likeness (QED) is 0.0195. The van der Waals surface area contributed by atoms with Gasteiger partial charge in [-0.25, -0.2) is 0 Å². The zero-order chi connectivity index (χ0) is 60.5. The van der Waals surface area contributed by atoms with Crippen LogP contribution in [-0.4, -0.2) is 70.0 Å². The second-order valence-corrected chi connectivity index (χ2v) is 28.1. The molecule has 0 aliphatic carbocycles. The van der Waals surface area contributed by atoms with Gasteiger partial charge in [-0.05, 0) is 38.5 Å². The molecular weight excluding hydrogens is 1050 g/mol. The summed E-state index contributed by atoms with van der Waals surface area (Å²) in [5.74, 6) is -0.807. The second-order valence-electron chi connectivity index (χ2n) is 26.7. The van der Waals surface area contributed by atoms with E-state index < -0.39 is 26.5 Å². The predicted octanol–water partition coefficient (Wildman–Crippen LogP) is 23.3. The molecule has 0 radical (unpaired) electrons. The van der Waals surface area contributed by atoms with Gasteiger partial charge in [0.1, 0.15) is 19.8 Å². The van der Waals surface area contributed by atoms with Gasteiger partial charge in [0.2, 0.25) is 0 Å². The van der Waals surface area contributed by atoms with E-state index >= 15 is 0 Å². The van der Waals surface area contributed by atoms with E-state index in [4.69, 9.17) is 18.5 Å². The first kappa shape index (κ1) is 81.8. The monoisotopic (exact) mass is 1190 g/mol. The van der Waals surface area contributed by atoms with Crippen molar-refractivity contribution in [2.24, 2.45) is 0 Å². The van der Waals surface area contributed by atoms with Crippen LogP contribution in [0.4, 0.5) is 0 Å². The Labute approximate surface area is 517 Å². The van der Waals surface area contributed by atoms with Crippen molar-refractivity contribution in [1.29, 1.82) is 0 Å². The lowest BCUT2D eigenvalue weighted by atomic mass is 10.0. The van der Waals surface area contributed by atoms with Crippen LogP contribution in [0.25, 0.3) is 0 Å². The molecule has 2 atom stereocenters. The van der Waals surface area contributed by atoms with Crippen LogP contribution in [0.1, 0.15) is 393 Å². The summed E-state index contributed by atoms with van der Waals surface area (Å²) in [7, 11) is 1.19. The van der Waals surface area contributed by atoms with Gasteiger partial charge >= 0.3 is 11.9 Å². The van der Waals surface area contributed by atoms with Gasteiger partial charge in [-0.2, -0.15) is 0 Å². The van der Waals surface area contributed by atoms with Crippen molar-refractivity contribution in [3.05, 3.63) is 12.2 Å². The minimum Gasteiger partial charge on any atom is -0.756 e. The lowest BCUT2D eigenvalue weighted by Crippen LogP contribution is -2.37. The maximum atomic E-state index is 12.9. The summed E-state index contributed by atoms with van der Waals surface area (Å²) < 4.78 is 34.4. The normalized spacial score (nSPS) is 13.1. The van der Waals surface area contributed by atoms with E-state index in [1.54, 1.807) is 0 Å². The molecule has 0 rings (SSSR count). The molecule has 9 nitrogen and oxygen atoms in total. The predicted molar refractivity (Wildman–Crippen MR) is 356 cm³/mol. The number of esters is 2. The zero-order valence-corrected chi connectivity index (χ0v) is 57.3. The van der Waals surface area contributed by atoms with Crippen molar-refractivity contribution >= 4 is 19.8 Å². The van der Waals surface area contributed by atoms with Crippen molar-refractivity contribution < 1.29 is 42.1 Å². The van der Waals surface area contributed by atoms with Gasteiger partial charge in [0.05, 0.1) is 27.7 Å². The van der Waals surface area contributed by atoms with E-state index in [1.807, 2.05) is 21.1 Å². The first-order valence-electron chi connectivity index (χ1n) is 36.9. The number of unbranched alkanes of at least 4 members (excludes halogenated alkanes) is 54. The highest BCUT2D eigenvalue weighted by molar-refractivity contribution is 7.45. The number of ether oxygens (including phenoxy) is 2.